The third-order valence-corrected chi connectivity index (χ3v) is 2.88. The molecule has 1 aliphatic rings. The summed E-state index contributed by atoms with van der Waals surface area (Å²) in [5.41, 5.74) is 0.971. The van der Waals surface area contributed by atoms with Gasteiger partial charge in [-0.1, -0.05) is 30.3 Å². The van der Waals surface area contributed by atoms with Crippen molar-refractivity contribution in [3.63, 3.8) is 0 Å². The minimum atomic E-state index is -0.248. The van der Waals surface area contributed by atoms with E-state index in [9.17, 15) is 9.59 Å². The molecule has 4 nitrogen and oxygen atoms in total. The molecule has 0 bridgehead atoms. The number of hydrogen-bond donors (Lipinski definition) is 0. The lowest BCUT2D eigenvalue weighted by molar-refractivity contribution is -0.148. The summed E-state index contributed by atoms with van der Waals surface area (Å²) in [5.74, 6) is -0.417. The van der Waals surface area contributed by atoms with Crippen molar-refractivity contribution in [3.8, 4) is 0 Å². The quantitative estimate of drug-likeness (QED) is 0.750. The van der Waals surface area contributed by atoms with Crippen LogP contribution in [-0.4, -0.2) is 18.0 Å². The fraction of sp³-hybridized carbons (Fsp3) is 0.429. The standard InChI is InChI=1S/C14H16O4/c15-13(8-6-12-7-9-14(16)18-12)17-10-11-4-2-1-3-5-11/h1-5,12H,6-10H2/t12-/m1/s1. The summed E-state index contributed by atoms with van der Waals surface area (Å²) in [7, 11) is 0. The van der Waals surface area contributed by atoms with Crippen molar-refractivity contribution in [3.05, 3.63) is 35.9 Å². The number of rotatable bonds is 5. The van der Waals surface area contributed by atoms with E-state index in [2.05, 4.69) is 0 Å². The fourth-order valence-corrected chi connectivity index (χ4v) is 1.87. The molecule has 1 fully saturated rings. The first-order valence-corrected chi connectivity index (χ1v) is 6.13. The highest BCUT2D eigenvalue weighted by Gasteiger charge is 2.23. The smallest absolute Gasteiger partial charge is 0.306 e. The van der Waals surface area contributed by atoms with Crippen molar-refractivity contribution >= 4 is 11.9 Å². The van der Waals surface area contributed by atoms with E-state index in [4.69, 9.17) is 9.47 Å². The predicted octanol–water partition coefficient (Wildman–Crippen LogP) is 2.22. The Balaban J connectivity index is 1.65. The molecule has 0 amide bonds. The molecule has 0 N–H and O–H groups in total. The van der Waals surface area contributed by atoms with E-state index < -0.39 is 0 Å². The minimum Gasteiger partial charge on any atom is -0.462 e. The zero-order chi connectivity index (χ0) is 12.8. The summed E-state index contributed by atoms with van der Waals surface area (Å²) in [4.78, 5) is 22.4. The lowest BCUT2D eigenvalue weighted by Gasteiger charge is -2.08. The van der Waals surface area contributed by atoms with E-state index >= 15 is 0 Å². The second-order valence-electron chi connectivity index (χ2n) is 4.34. The molecule has 1 aliphatic heterocycles. The highest BCUT2D eigenvalue weighted by atomic mass is 16.6. The van der Waals surface area contributed by atoms with Crippen LogP contribution in [0.4, 0.5) is 0 Å². The van der Waals surface area contributed by atoms with E-state index in [1.165, 1.54) is 0 Å². The van der Waals surface area contributed by atoms with Crippen molar-refractivity contribution < 1.29 is 19.1 Å². The van der Waals surface area contributed by atoms with Gasteiger partial charge in [-0.05, 0) is 18.4 Å². The molecule has 1 aromatic rings. The molecule has 1 heterocycles. The summed E-state index contributed by atoms with van der Waals surface area (Å²) in [6.45, 7) is 0.296. The van der Waals surface area contributed by atoms with Gasteiger partial charge in [0.2, 0.25) is 0 Å². The number of carbonyl (C=O) groups is 2. The molecule has 0 aromatic heterocycles. The topological polar surface area (TPSA) is 52.6 Å². The molecule has 96 valence electrons. The van der Waals surface area contributed by atoms with E-state index in [1.807, 2.05) is 30.3 Å². The Hall–Kier alpha value is -1.84. The number of hydrogen-bond acceptors (Lipinski definition) is 4. The first kappa shape index (κ1) is 12.6. The van der Waals surface area contributed by atoms with Gasteiger partial charge in [-0.25, -0.2) is 0 Å². The predicted molar refractivity (Wildman–Crippen MR) is 64.6 cm³/mol. The molecule has 0 aliphatic carbocycles. The van der Waals surface area contributed by atoms with Crippen LogP contribution in [0.15, 0.2) is 30.3 Å². The van der Waals surface area contributed by atoms with Crippen molar-refractivity contribution in [1.82, 2.24) is 0 Å². The molecular formula is C14H16O4. The van der Waals surface area contributed by atoms with Gasteiger partial charge in [-0.2, -0.15) is 0 Å². The third-order valence-electron chi connectivity index (χ3n) is 2.88. The average molecular weight is 248 g/mol. The number of carbonyl (C=O) groups excluding carboxylic acids is 2. The second-order valence-corrected chi connectivity index (χ2v) is 4.34. The molecule has 0 unspecified atom stereocenters. The summed E-state index contributed by atoms with van der Waals surface area (Å²) >= 11 is 0. The first-order valence-electron chi connectivity index (χ1n) is 6.13. The Bertz CT molecular complexity index is 413. The third kappa shape index (κ3) is 3.87. The maximum atomic E-state index is 11.5. The lowest BCUT2D eigenvalue weighted by atomic mass is 10.1. The maximum Gasteiger partial charge on any atom is 0.306 e. The van der Waals surface area contributed by atoms with E-state index in [0.29, 0.717) is 32.3 Å². The summed E-state index contributed by atoms with van der Waals surface area (Å²) in [6.07, 6.45) is 1.92. The van der Waals surface area contributed by atoms with Gasteiger partial charge in [0.05, 0.1) is 0 Å². The van der Waals surface area contributed by atoms with E-state index in [-0.39, 0.29) is 18.0 Å². The highest BCUT2D eigenvalue weighted by molar-refractivity contribution is 5.72. The SMILES string of the molecule is O=C(CC[C@@H]1CCC(=O)O1)OCc1ccccc1. The number of esters is 2. The van der Waals surface area contributed by atoms with Crippen LogP contribution < -0.4 is 0 Å². The van der Waals surface area contributed by atoms with E-state index in [1.54, 1.807) is 0 Å². The van der Waals surface area contributed by atoms with Crippen molar-refractivity contribution in [2.45, 2.75) is 38.4 Å². The minimum absolute atomic E-state index is 0.109. The van der Waals surface area contributed by atoms with E-state index in [0.717, 1.165) is 5.56 Å². The monoisotopic (exact) mass is 248 g/mol. The normalized spacial score (nSPS) is 18.4. The van der Waals surface area contributed by atoms with Crippen LogP contribution in [0.25, 0.3) is 0 Å². The number of ether oxygens (including phenoxy) is 2. The molecule has 4 heteroatoms. The largest absolute Gasteiger partial charge is 0.462 e. The molecule has 1 saturated heterocycles. The number of cyclic esters (lactones) is 1. The van der Waals surface area contributed by atoms with Crippen LogP contribution >= 0.6 is 0 Å². The summed E-state index contributed by atoms with van der Waals surface area (Å²) in [6, 6.07) is 9.54. The van der Waals surface area contributed by atoms with Crippen LogP contribution in [-0.2, 0) is 25.7 Å². The Morgan fingerprint density at radius 2 is 2.11 bits per heavy atom. The fourth-order valence-electron chi connectivity index (χ4n) is 1.87. The van der Waals surface area contributed by atoms with Gasteiger partial charge >= 0.3 is 11.9 Å². The molecule has 1 atom stereocenters. The second kappa shape index (κ2) is 6.19. The van der Waals surface area contributed by atoms with Gasteiger partial charge in [-0.3, -0.25) is 9.59 Å². The molecule has 0 radical (unpaired) electrons. The van der Waals surface area contributed by atoms with Gasteiger partial charge in [0.1, 0.15) is 12.7 Å². The van der Waals surface area contributed by atoms with Gasteiger partial charge in [0.25, 0.3) is 0 Å². The maximum absolute atomic E-state index is 11.5. The van der Waals surface area contributed by atoms with Crippen LogP contribution in [0.2, 0.25) is 0 Å². The van der Waals surface area contributed by atoms with Gasteiger partial charge in [0, 0.05) is 12.8 Å². The van der Waals surface area contributed by atoms with Crippen LogP contribution in [0.1, 0.15) is 31.2 Å². The average Bonchev–Trinajstić information content (AvgIpc) is 2.81. The molecule has 0 spiro atoms. The highest BCUT2D eigenvalue weighted by Crippen LogP contribution is 2.18. The van der Waals surface area contributed by atoms with Crippen LogP contribution in [0, 0.1) is 0 Å². The zero-order valence-corrected chi connectivity index (χ0v) is 10.1. The van der Waals surface area contributed by atoms with Gasteiger partial charge in [0.15, 0.2) is 0 Å². The Morgan fingerprint density at radius 1 is 1.33 bits per heavy atom. The zero-order valence-electron chi connectivity index (χ0n) is 10.1. The van der Waals surface area contributed by atoms with Gasteiger partial charge in [-0.15, -0.1) is 0 Å². The number of benzene rings is 1. The van der Waals surface area contributed by atoms with Crippen LogP contribution in [0.3, 0.4) is 0 Å². The van der Waals surface area contributed by atoms with Crippen LogP contribution in [0.5, 0.6) is 0 Å². The Kier molecular flexibility index (Phi) is 4.34. The Morgan fingerprint density at radius 3 is 2.78 bits per heavy atom. The summed E-state index contributed by atoms with van der Waals surface area (Å²) in [5, 5.41) is 0. The molecule has 2 rings (SSSR count). The molecular weight excluding hydrogens is 232 g/mol. The molecule has 0 saturated carbocycles. The first-order chi connectivity index (χ1) is 8.74. The lowest BCUT2D eigenvalue weighted by Crippen LogP contribution is -2.11. The Labute approximate surface area is 106 Å². The van der Waals surface area contributed by atoms with Gasteiger partial charge < -0.3 is 9.47 Å². The molecule has 18 heavy (non-hydrogen) atoms. The molecule has 1 aromatic carbocycles. The van der Waals surface area contributed by atoms with Crippen molar-refractivity contribution in [1.29, 1.82) is 0 Å². The summed E-state index contributed by atoms with van der Waals surface area (Å²) < 4.78 is 10.2. The van der Waals surface area contributed by atoms with Crippen molar-refractivity contribution in [2.75, 3.05) is 0 Å². The van der Waals surface area contributed by atoms with Crippen molar-refractivity contribution in [2.24, 2.45) is 0 Å².